The normalized spacial score (nSPS) is 14.4. The van der Waals surface area contributed by atoms with E-state index in [-0.39, 0.29) is 2.85 Å². The van der Waals surface area contributed by atoms with Crippen LogP contribution in [-0.4, -0.2) is 32.3 Å². The van der Waals surface area contributed by atoms with Crippen molar-refractivity contribution >= 4 is 49.7 Å². The fraction of sp³-hybridized carbons (Fsp3) is 0.333. The number of aromatic amines is 1. The number of rotatable bonds is 8. The van der Waals surface area contributed by atoms with Gasteiger partial charge in [-0.25, -0.2) is 9.97 Å². The molecule has 8 heteroatoms. The molecule has 5 aromatic rings. The molecule has 5 heterocycles. The van der Waals surface area contributed by atoms with E-state index in [1.54, 1.807) is 22.7 Å². The van der Waals surface area contributed by atoms with Crippen molar-refractivity contribution in [3.05, 3.63) is 63.9 Å². The fourth-order valence-corrected chi connectivity index (χ4v) is 7.32. The molecule has 0 aliphatic carbocycles. The number of hydrogen-bond acceptors (Lipinski definition) is 7. The highest BCUT2D eigenvalue weighted by molar-refractivity contribution is 7.22. The number of nitrogens with one attached hydrogen (secondary N) is 2. The maximum absolute atomic E-state index is 13.1. The largest absolute Gasteiger partial charge is 0.342 e. The second kappa shape index (κ2) is 9.60. The Bertz CT molecular complexity index is 1460. The molecule has 2 N–H and O–H groups in total. The van der Waals surface area contributed by atoms with Crippen LogP contribution in [0, 0.1) is 0 Å². The number of pyridine rings is 1. The third-order valence-corrected chi connectivity index (χ3v) is 9.02. The van der Waals surface area contributed by atoms with Gasteiger partial charge in [-0.2, -0.15) is 0 Å². The van der Waals surface area contributed by atoms with Crippen LogP contribution >= 0.6 is 22.7 Å². The molecule has 1 aliphatic rings. The number of benzene rings is 1. The Morgan fingerprint density at radius 2 is 2.09 bits per heavy atom. The second-order valence-electron chi connectivity index (χ2n) is 9.24. The van der Waals surface area contributed by atoms with E-state index < -0.39 is 0 Å². The van der Waals surface area contributed by atoms with Crippen LogP contribution in [0.5, 0.6) is 0 Å². The zero-order chi connectivity index (χ0) is 23.8. The van der Waals surface area contributed by atoms with Crippen molar-refractivity contribution in [3.8, 4) is 10.6 Å². The predicted molar refractivity (Wildman–Crippen MR) is 147 cm³/mol. The topological polar surface area (TPSA) is 83.6 Å². The number of para-hydroxylation sites is 2. The van der Waals surface area contributed by atoms with E-state index in [1.807, 2.05) is 36.7 Å². The van der Waals surface area contributed by atoms with Gasteiger partial charge in [0.05, 0.1) is 21.9 Å². The molecule has 0 saturated carbocycles. The standard InChI is InChI=1S/C27H27N5OS2.2H2/c1-16(26-30-19-7-2-3-8-20(19)31-26)5-4-6-17(33)13-23-25(18-9-11-29-15-24(18)34-23)27-32-21-14-28-12-10-22(21)35-27;;/h2-3,7-8,10,12,14,16,29H,4-6,9,11,13,15H2,1H3,(H,30,31);2*1H. The first kappa shape index (κ1) is 22.5. The number of carbonyl (C=O) groups excluding carboxylic acids is 1. The molecule has 0 bridgehead atoms. The maximum atomic E-state index is 13.1. The van der Waals surface area contributed by atoms with Gasteiger partial charge in [0.15, 0.2) is 0 Å². The van der Waals surface area contributed by atoms with E-state index in [0.717, 1.165) is 64.4 Å². The highest BCUT2D eigenvalue weighted by atomic mass is 32.1. The summed E-state index contributed by atoms with van der Waals surface area (Å²) in [5.74, 6) is 1.60. The summed E-state index contributed by atoms with van der Waals surface area (Å²) in [6.45, 7) is 4.03. The van der Waals surface area contributed by atoms with Crippen molar-refractivity contribution in [3.63, 3.8) is 0 Å². The summed E-state index contributed by atoms with van der Waals surface area (Å²) >= 11 is 3.49. The van der Waals surface area contributed by atoms with Gasteiger partial charge in [-0.1, -0.05) is 19.1 Å². The number of Topliss-reactive ketones (excluding diaryl/α,β-unsaturated/α-hetero) is 1. The van der Waals surface area contributed by atoms with Gasteiger partial charge in [0.25, 0.3) is 0 Å². The molecule has 1 aromatic carbocycles. The molecule has 1 unspecified atom stereocenters. The SMILES string of the molecule is CC(CCCC(=O)Cc1sc2c(c1-c1nc3cnccc3s1)CCNC2)c1nc2ccccc2[nH]1.[HH].[HH]. The zero-order valence-corrected chi connectivity index (χ0v) is 21.3. The number of aromatic nitrogens is 4. The first-order chi connectivity index (χ1) is 17.2. The number of nitrogens with zero attached hydrogens (tertiary/aromatic N) is 3. The molecule has 4 aromatic heterocycles. The van der Waals surface area contributed by atoms with Crippen molar-refractivity contribution in [2.24, 2.45) is 0 Å². The molecule has 1 aliphatic heterocycles. The minimum Gasteiger partial charge on any atom is -0.342 e. The third-order valence-electron chi connectivity index (χ3n) is 6.73. The van der Waals surface area contributed by atoms with E-state index in [4.69, 9.17) is 9.97 Å². The fourth-order valence-electron chi connectivity index (χ4n) is 4.87. The summed E-state index contributed by atoms with van der Waals surface area (Å²) in [5.41, 5.74) is 5.58. The summed E-state index contributed by atoms with van der Waals surface area (Å²) in [5, 5.41) is 4.50. The molecule has 0 radical (unpaired) electrons. The molecular formula is C27H31N5OS2. The first-order valence-corrected chi connectivity index (χ1v) is 13.8. The van der Waals surface area contributed by atoms with Crippen molar-refractivity contribution in [1.29, 1.82) is 0 Å². The Labute approximate surface area is 214 Å². The van der Waals surface area contributed by atoms with E-state index in [0.29, 0.717) is 24.5 Å². The van der Waals surface area contributed by atoms with Gasteiger partial charge < -0.3 is 10.3 Å². The van der Waals surface area contributed by atoms with Crippen LogP contribution in [0.25, 0.3) is 31.8 Å². The Morgan fingerprint density at radius 1 is 1.17 bits per heavy atom. The molecule has 0 saturated heterocycles. The minimum absolute atomic E-state index is 0. The number of carbonyl (C=O) groups is 1. The molecule has 6 nitrogen and oxygen atoms in total. The Morgan fingerprint density at radius 3 is 2.97 bits per heavy atom. The van der Waals surface area contributed by atoms with Gasteiger partial charge in [-0.3, -0.25) is 9.78 Å². The van der Waals surface area contributed by atoms with Crippen molar-refractivity contribution < 1.29 is 7.65 Å². The summed E-state index contributed by atoms with van der Waals surface area (Å²) in [6.07, 6.45) is 7.51. The number of hydrogen-bond donors (Lipinski definition) is 2. The highest BCUT2D eigenvalue weighted by Gasteiger charge is 2.25. The summed E-state index contributed by atoms with van der Waals surface area (Å²) in [6, 6.07) is 10.1. The zero-order valence-electron chi connectivity index (χ0n) is 19.6. The lowest BCUT2D eigenvalue weighted by Gasteiger charge is -2.13. The van der Waals surface area contributed by atoms with Gasteiger partial charge >= 0.3 is 0 Å². The minimum atomic E-state index is 0. The number of fused-ring (bicyclic) bond motifs is 3. The summed E-state index contributed by atoms with van der Waals surface area (Å²) in [7, 11) is 0. The van der Waals surface area contributed by atoms with Crippen molar-refractivity contribution in [2.45, 2.75) is 51.5 Å². The molecule has 0 fully saturated rings. The van der Waals surface area contributed by atoms with E-state index >= 15 is 0 Å². The smallest absolute Gasteiger partial charge is 0.138 e. The van der Waals surface area contributed by atoms with Gasteiger partial charge in [-0.05, 0) is 49.6 Å². The number of ketones is 1. The van der Waals surface area contributed by atoms with Crippen LogP contribution in [0.4, 0.5) is 0 Å². The second-order valence-corrected chi connectivity index (χ2v) is 11.5. The lowest BCUT2D eigenvalue weighted by Crippen LogP contribution is -2.22. The molecule has 35 heavy (non-hydrogen) atoms. The lowest BCUT2D eigenvalue weighted by molar-refractivity contribution is -0.118. The van der Waals surface area contributed by atoms with Crippen LogP contribution in [0.15, 0.2) is 42.7 Å². The molecule has 1 atom stereocenters. The van der Waals surface area contributed by atoms with E-state index in [2.05, 4.69) is 28.3 Å². The molecule has 182 valence electrons. The van der Waals surface area contributed by atoms with Crippen LogP contribution in [0.1, 0.15) is 56.1 Å². The lowest BCUT2D eigenvalue weighted by atomic mass is 9.98. The van der Waals surface area contributed by atoms with Gasteiger partial charge in [0.2, 0.25) is 0 Å². The average molecular weight is 506 g/mol. The number of thiophene rings is 1. The summed E-state index contributed by atoms with van der Waals surface area (Å²) < 4.78 is 1.14. The third kappa shape index (κ3) is 4.53. The van der Waals surface area contributed by atoms with Crippen LogP contribution in [0.3, 0.4) is 0 Å². The highest BCUT2D eigenvalue weighted by Crippen LogP contribution is 2.42. The number of thiazole rings is 1. The quantitative estimate of drug-likeness (QED) is 0.251. The van der Waals surface area contributed by atoms with Gasteiger partial charge in [-0.15, -0.1) is 22.7 Å². The Kier molecular flexibility index (Phi) is 6.18. The van der Waals surface area contributed by atoms with Crippen LogP contribution in [0.2, 0.25) is 0 Å². The number of imidazole rings is 1. The Hall–Kier alpha value is -2.94. The molecule has 0 amide bonds. The molecule has 0 spiro atoms. The summed E-state index contributed by atoms with van der Waals surface area (Å²) in [4.78, 5) is 32.9. The predicted octanol–water partition coefficient (Wildman–Crippen LogP) is 6.52. The van der Waals surface area contributed by atoms with Crippen molar-refractivity contribution in [1.82, 2.24) is 25.3 Å². The van der Waals surface area contributed by atoms with E-state index in [1.165, 1.54) is 20.9 Å². The Balaban J connectivity index is 0.00000160. The number of H-pyrrole nitrogens is 1. The monoisotopic (exact) mass is 505 g/mol. The average Bonchev–Trinajstić information content (AvgIpc) is 3.57. The first-order valence-electron chi connectivity index (χ1n) is 12.2. The van der Waals surface area contributed by atoms with Gasteiger partial charge in [0.1, 0.15) is 22.1 Å². The molecule has 6 rings (SSSR count). The van der Waals surface area contributed by atoms with Crippen molar-refractivity contribution in [2.75, 3.05) is 6.54 Å². The van der Waals surface area contributed by atoms with Crippen LogP contribution in [-0.2, 0) is 24.2 Å². The maximum Gasteiger partial charge on any atom is 0.138 e. The van der Waals surface area contributed by atoms with Crippen LogP contribution < -0.4 is 5.32 Å². The molecular weight excluding hydrogens is 474 g/mol. The van der Waals surface area contributed by atoms with Gasteiger partial charge in [0, 0.05) is 49.7 Å². The van der Waals surface area contributed by atoms with E-state index in [9.17, 15) is 4.79 Å².